The third kappa shape index (κ3) is 4.57. The Labute approximate surface area is 106 Å². The molecule has 2 aliphatic rings. The number of hydrogen-bond acceptors (Lipinski definition) is 3. The third-order valence-corrected chi connectivity index (χ3v) is 3.60. The van der Waals surface area contributed by atoms with Crippen LogP contribution in [-0.2, 0) is 4.74 Å². The van der Waals surface area contributed by atoms with E-state index in [1.165, 1.54) is 32.4 Å². The summed E-state index contributed by atoms with van der Waals surface area (Å²) < 4.78 is 6.22. The second-order valence-electron chi connectivity index (χ2n) is 6.79. The Bertz CT molecular complexity index is 231. The van der Waals surface area contributed by atoms with Crippen LogP contribution in [0.25, 0.3) is 0 Å². The van der Waals surface area contributed by atoms with Gasteiger partial charge < -0.3 is 15.0 Å². The van der Waals surface area contributed by atoms with Gasteiger partial charge in [0.05, 0.1) is 12.2 Å². The highest BCUT2D eigenvalue weighted by molar-refractivity contribution is 4.81. The van der Waals surface area contributed by atoms with Gasteiger partial charge in [0.1, 0.15) is 0 Å². The van der Waals surface area contributed by atoms with Crippen LogP contribution in [0.5, 0.6) is 0 Å². The van der Waals surface area contributed by atoms with Crippen molar-refractivity contribution in [1.82, 2.24) is 10.2 Å². The molecule has 0 aromatic heterocycles. The van der Waals surface area contributed by atoms with Crippen molar-refractivity contribution in [2.75, 3.05) is 32.7 Å². The minimum absolute atomic E-state index is 0.406. The van der Waals surface area contributed by atoms with Gasteiger partial charge in [0.15, 0.2) is 0 Å². The van der Waals surface area contributed by atoms with E-state index in [-0.39, 0.29) is 0 Å². The number of hydrogen-bond donors (Lipinski definition) is 1. The van der Waals surface area contributed by atoms with E-state index in [2.05, 4.69) is 31.0 Å². The normalized spacial score (nSPS) is 28.8. The summed E-state index contributed by atoms with van der Waals surface area (Å²) in [6.45, 7) is 12.7. The van der Waals surface area contributed by atoms with Gasteiger partial charge in [0.25, 0.3) is 0 Å². The highest BCUT2D eigenvalue weighted by atomic mass is 16.5. The summed E-state index contributed by atoms with van der Waals surface area (Å²) in [4.78, 5) is 2.56. The summed E-state index contributed by atoms with van der Waals surface area (Å²) in [5, 5.41) is 3.39. The van der Waals surface area contributed by atoms with Crippen LogP contribution in [0.1, 0.15) is 40.0 Å². The number of ether oxygens (including phenoxy) is 1. The second-order valence-corrected chi connectivity index (χ2v) is 6.79. The molecule has 1 unspecified atom stereocenters. The van der Waals surface area contributed by atoms with Gasteiger partial charge in [-0.2, -0.15) is 0 Å². The van der Waals surface area contributed by atoms with Gasteiger partial charge in [-0.25, -0.2) is 0 Å². The molecule has 1 N–H and O–H groups in total. The Balaban J connectivity index is 1.70. The zero-order valence-electron chi connectivity index (χ0n) is 11.7. The predicted octanol–water partition coefficient (Wildman–Crippen LogP) is 1.88. The van der Waals surface area contributed by atoms with Crippen LogP contribution in [0.15, 0.2) is 0 Å². The molecular weight excluding hydrogens is 212 g/mol. The van der Waals surface area contributed by atoms with Crippen LogP contribution in [0.3, 0.4) is 0 Å². The predicted molar refractivity (Wildman–Crippen MR) is 71.3 cm³/mol. The molecule has 0 aromatic carbocycles. The van der Waals surface area contributed by atoms with E-state index in [1.54, 1.807) is 0 Å². The first-order valence-electron chi connectivity index (χ1n) is 7.11. The molecule has 0 bridgehead atoms. The summed E-state index contributed by atoms with van der Waals surface area (Å²) in [5.74, 6) is 0. The fourth-order valence-corrected chi connectivity index (χ4v) is 2.93. The summed E-state index contributed by atoms with van der Waals surface area (Å²) in [7, 11) is 0. The molecule has 2 rings (SSSR count). The lowest BCUT2D eigenvalue weighted by Gasteiger charge is -2.28. The lowest BCUT2D eigenvalue weighted by Crippen LogP contribution is -2.36. The highest BCUT2D eigenvalue weighted by Crippen LogP contribution is 2.22. The number of likely N-dealkylation sites (tertiary alicyclic amines) is 1. The molecule has 2 aliphatic heterocycles. The molecule has 0 aromatic rings. The number of nitrogens with zero attached hydrogens (tertiary/aromatic N) is 1. The zero-order valence-corrected chi connectivity index (χ0v) is 11.7. The van der Waals surface area contributed by atoms with E-state index >= 15 is 0 Å². The van der Waals surface area contributed by atoms with Crippen molar-refractivity contribution in [3.63, 3.8) is 0 Å². The van der Waals surface area contributed by atoms with Gasteiger partial charge in [-0.05, 0) is 37.8 Å². The first-order valence-corrected chi connectivity index (χ1v) is 7.11. The highest BCUT2D eigenvalue weighted by Gasteiger charge is 2.28. The van der Waals surface area contributed by atoms with E-state index in [0.29, 0.717) is 17.6 Å². The Morgan fingerprint density at radius 3 is 2.47 bits per heavy atom. The van der Waals surface area contributed by atoms with Crippen molar-refractivity contribution < 1.29 is 4.74 Å². The Morgan fingerprint density at radius 2 is 1.82 bits per heavy atom. The lowest BCUT2D eigenvalue weighted by molar-refractivity contribution is -0.0216. The molecule has 100 valence electrons. The Hall–Kier alpha value is -0.120. The van der Waals surface area contributed by atoms with Gasteiger partial charge in [-0.15, -0.1) is 0 Å². The maximum atomic E-state index is 6.22. The van der Waals surface area contributed by atoms with E-state index in [1.807, 2.05) is 0 Å². The van der Waals surface area contributed by atoms with E-state index < -0.39 is 0 Å². The summed E-state index contributed by atoms with van der Waals surface area (Å²) in [6.07, 6.45) is 4.60. The Kier molecular flexibility index (Phi) is 4.45. The quantitative estimate of drug-likeness (QED) is 0.815. The molecule has 0 aliphatic carbocycles. The zero-order chi connectivity index (χ0) is 12.3. The standard InChI is InChI=1S/C14H28N2O/c1-14(2,3)11-16-9-6-13(10-16)17-12-4-7-15-8-5-12/h12-13,15H,4-11H2,1-3H3. The van der Waals surface area contributed by atoms with Crippen molar-refractivity contribution in [3.8, 4) is 0 Å². The fraction of sp³-hybridized carbons (Fsp3) is 1.00. The number of nitrogens with one attached hydrogen (secondary N) is 1. The molecule has 17 heavy (non-hydrogen) atoms. The van der Waals surface area contributed by atoms with Gasteiger partial charge in [-0.3, -0.25) is 0 Å². The van der Waals surface area contributed by atoms with Crippen molar-refractivity contribution in [3.05, 3.63) is 0 Å². The van der Waals surface area contributed by atoms with E-state index in [9.17, 15) is 0 Å². The maximum Gasteiger partial charge on any atom is 0.0717 e. The largest absolute Gasteiger partial charge is 0.374 e. The molecule has 2 saturated heterocycles. The average molecular weight is 240 g/mol. The summed E-state index contributed by atoms with van der Waals surface area (Å²) in [5.41, 5.74) is 0.406. The molecule has 3 nitrogen and oxygen atoms in total. The fourth-order valence-electron chi connectivity index (χ4n) is 2.93. The van der Waals surface area contributed by atoms with Crippen molar-refractivity contribution >= 4 is 0 Å². The molecular formula is C14H28N2O. The first-order chi connectivity index (χ1) is 8.03. The summed E-state index contributed by atoms with van der Waals surface area (Å²) in [6, 6.07) is 0. The van der Waals surface area contributed by atoms with E-state index in [4.69, 9.17) is 4.74 Å². The molecule has 2 heterocycles. The smallest absolute Gasteiger partial charge is 0.0717 e. The molecule has 3 heteroatoms. The average Bonchev–Trinajstić information content (AvgIpc) is 2.64. The maximum absolute atomic E-state index is 6.22. The van der Waals surface area contributed by atoms with Crippen LogP contribution in [0.4, 0.5) is 0 Å². The minimum atomic E-state index is 0.406. The molecule has 0 radical (unpaired) electrons. The lowest BCUT2D eigenvalue weighted by atomic mass is 9.96. The van der Waals surface area contributed by atoms with Crippen molar-refractivity contribution in [2.45, 2.75) is 52.2 Å². The monoisotopic (exact) mass is 240 g/mol. The van der Waals surface area contributed by atoms with E-state index in [0.717, 1.165) is 19.6 Å². The van der Waals surface area contributed by atoms with Gasteiger partial charge >= 0.3 is 0 Å². The SMILES string of the molecule is CC(C)(C)CN1CCC(OC2CCNCC2)C1. The van der Waals surface area contributed by atoms with Crippen LogP contribution >= 0.6 is 0 Å². The van der Waals surface area contributed by atoms with Crippen molar-refractivity contribution in [1.29, 1.82) is 0 Å². The van der Waals surface area contributed by atoms with Crippen LogP contribution in [-0.4, -0.2) is 49.8 Å². The third-order valence-electron chi connectivity index (χ3n) is 3.60. The van der Waals surface area contributed by atoms with Crippen molar-refractivity contribution in [2.24, 2.45) is 5.41 Å². The summed E-state index contributed by atoms with van der Waals surface area (Å²) >= 11 is 0. The molecule has 1 atom stereocenters. The topological polar surface area (TPSA) is 24.5 Å². The second kappa shape index (κ2) is 5.68. The van der Waals surface area contributed by atoms with Gasteiger partial charge in [-0.1, -0.05) is 20.8 Å². The van der Waals surface area contributed by atoms with Crippen LogP contribution in [0.2, 0.25) is 0 Å². The Morgan fingerprint density at radius 1 is 1.12 bits per heavy atom. The number of rotatable bonds is 3. The van der Waals surface area contributed by atoms with Crippen LogP contribution in [0, 0.1) is 5.41 Å². The van der Waals surface area contributed by atoms with Crippen LogP contribution < -0.4 is 5.32 Å². The van der Waals surface area contributed by atoms with Gasteiger partial charge in [0.2, 0.25) is 0 Å². The number of piperidine rings is 1. The molecule has 0 saturated carbocycles. The minimum Gasteiger partial charge on any atom is -0.374 e. The first kappa shape index (κ1) is 13.3. The van der Waals surface area contributed by atoms with Gasteiger partial charge in [0, 0.05) is 19.6 Å². The molecule has 0 amide bonds. The molecule has 2 fully saturated rings. The molecule has 0 spiro atoms.